The summed E-state index contributed by atoms with van der Waals surface area (Å²) < 4.78 is 33.2. The molecule has 0 bridgehead atoms. The number of nitrogens with one attached hydrogen (secondary N) is 1. The maximum Gasteiger partial charge on any atom is 0.263 e. The molecule has 8 nitrogen and oxygen atoms in total. The van der Waals surface area contributed by atoms with E-state index in [-0.39, 0.29) is 15.9 Å². The van der Waals surface area contributed by atoms with Crippen molar-refractivity contribution in [3.05, 3.63) is 48.0 Å². The lowest BCUT2D eigenvalue weighted by Gasteiger charge is -2.19. The average Bonchev–Trinajstić information content (AvgIpc) is 3.36. The Morgan fingerprint density at radius 2 is 1.90 bits per heavy atom. The number of hydrogen-bond donors (Lipinski definition) is 1. The molecule has 1 aliphatic heterocycles. The van der Waals surface area contributed by atoms with E-state index >= 15 is 0 Å². The van der Waals surface area contributed by atoms with Crippen molar-refractivity contribution in [1.29, 1.82) is 0 Å². The lowest BCUT2D eigenvalue weighted by molar-refractivity contribution is -0.117. The van der Waals surface area contributed by atoms with Crippen LogP contribution in [0.1, 0.15) is 18.4 Å². The normalized spacial score (nSPS) is 14.2. The first kappa shape index (κ1) is 20.3. The number of rotatable bonds is 6. The summed E-state index contributed by atoms with van der Waals surface area (Å²) in [6, 6.07) is 12.0. The van der Waals surface area contributed by atoms with E-state index in [0.717, 1.165) is 40.3 Å². The van der Waals surface area contributed by atoms with Crippen LogP contribution in [0.15, 0.2) is 47.4 Å². The van der Waals surface area contributed by atoms with E-state index in [0.29, 0.717) is 18.0 Å². The molecule has 2 heterocycles. The molecule has 156 valence electrons. The number of benzene rings is 2. The zero-order valence-corrected chi connectivity index (χ0v) is 18.1. The molecule has 0 spiro atoms. The van der Waals surface area contributed by atoms with E-state index in [1.165, 1.54) is 6.07 Å². The molecule has 0 radical (unpaired) electrons. The summed E-state index contributed by atoms with van der Waals surface area (Å²) >= 11 is 1.14. The third-order valence-electron chi connectivity index (χ3n) is 4.83. The van der Waals surface area contributed by atoms with Crippen molar-refractivity contribution in [3.8, 4) is 16.3 Å². The second-order valence-electron chi connectivity index (χ2n) is 6.84. The van der Waals surface area contributed by atoms with Gasteiger partial charge in [-0.2, -0.15) is 0 Å². The quantitative estimate of drug-likeness (QED) is 0.625. The summed E-state index contributed by atoms with van der Waals surface area (Å²) in [5.41, 5.74) is 2.28. The number of anilines is 2. The van der Waals surface area contributed by atoms with Crippen LogP contribution in [0.5, 0.6) is 5.75 Å². The van der Waals surface area contributed by atoms with Crippen molar-refractivity contribution in [3.63, 3.8) is 0 Å². The van der Waals surface area contributed by atoms with Gasteiger partial charge in [0.2, 0.25) is 11.0 Å². The molecule has 30 heavy (non-hydrogen) atoms. The van der Waals surface area contributed by atoms with Crippen LogP contribution < -0.4 is 14.4 Å². The zero-order chi connectivity index (χ0) is 21.3. The van der Waals surface area contributed by atoms with Crippen molar-refractivity contribution in [2.45, 2.75) is 24.7 Å². The van der Waals surface area contributed by atoms with Gasteiger partial charge in [0.1, 0.15) is 10.8 Å². The van der Waals surface area contributed by atoms with Crippen LogP contribution in [-0.4, -0.2) is 38.2 Å². The van der Waals surface area contributed by atoms with E-state index in [9.17, 15) is 13.2 Å². The minimum atomic E-state index is -3.83. The third kappa shape index (κ3) is 4.01. The maximum absolute atomic E-state index is 12.8. The number of carbonyl (C=O) groups excluding carboxylic acids is 1. The molecule has 4 rings (SSSR count). The number of sulfonamides is 1. The molecule has 1 saturated heterocycles. The number of ether oxygens (including phenoxy) is 1. The molecule has 1 aliphatic rings. The fraction of sp³-hybridized carbons (Fsp3) is 0.250. The highest BCUT2D eigenvalue weighted by atomic mass is 32.2. The Bertz CT molecular complexity index is 1190. The summed E-state index contributed by atoms with van der Waals surface area (Å²) in [4.78, 5) is 13.8. The van der Waals surface area contributed by atoms with Crippen LogP contribution in [0.25, 0.3) is 10.6 Å². The van der Waals surface area contributed by atoms with Gasteiger partial charge in [-0.25, -0.2) is 8.42 Å². The number of carbonyl (C=O) groups is 1. The largest absolute Gasteiger partial charge is 0.497 e. The molecule has 3 aromatic rings. The Balaban J connectivity index is 1.54. The summed E-state index contributed by atoms with van der Waals surface area (Å²) in [7, 11) is -2.25. The molecule has 1 fully saturated rings. The number of methoxy groups -OCH3 is 1. The average molecular weight is 445 g/mol. The van der Waals surface area contributed by atoms with Crippen LogP contribution >= 0.6 is 11.3 Å². The van der Waals surface area contributed by atoms with E-state index in [1.807, 2.05) is 12.1 Å². The maximum atomic E-state index is 12.8. The second-order valence-corrected chi connectivity index (χ2v) is 9.50. The highest BCUT2D eigenvalue weighted by Gasteiger charge is 2.24. The third-order valence-corrected chi connectivity index (χ3v) is 7.18. The summed E-state index contributed by atoms with van der Waals surface area (Å²) in [6.07, 6.45) is 1.34. The van der Waals surface area contributed by atoms with Crippen LogP contribution in [0, 0.1) is 6.92 Å². The van der Waals surface area contributed by atoms with Crippen LogP contribution in [0.3, 0.4) is 0 Å². The SMILES string of the molecule is COc1ccc(-c2nnc(NS(=O)(=O)c3ccc(N4CCCC4=O)c(C)c3)s2)cc1. The van der Waals surface area contributed by atoms with Crippen molar-refractivity contribution < 1.29 is 17.9 Å². The molecule has 1 amide bonds. The van der Waals surface area contributed by atoms with Gasteiger partial charge in [0, 0.05) is 24.2 Å². The van der Waals surface area contributed by atoms with Gasteiger partial charge in [-0.15, -0.1) is 10.2 Å². The Labute approximate surface area is 178 Å². The minimum absolute atomic E-state index is 0.0618. The number of aryl methyl sites for hydroxylation is 1. The van der Waals surface area contributed by atoms with Gasteiger partial charge in [-0.05, 0) is 61.4 Å². The number of nitrogens with zero attached hydrogens (tertiary/aromatic N) is 3. The fourth-order valence-electron chi connectivity index (χ4n) is 3.29. The molecule has 0 atom stereocenters. The molecule has 0 aliphatic carbocycles. The van der Waals surface area contributed by atoms with Gasteiger partial charge in [0.25, 0.3) is 10.0 Å². The lowest BCUT2D eigenvalue weighted by atomic mass is 10.2. The lowest BCUT2D eigenvalue weighted by Crippen LogP contribution is -2.24. The van der Waals surface area contributed by atoms with E-state index in [2.05, 4.69) is 14.9 Å². The molecule has 1 aromatic heterocycles. The van der Waals surface area contributed by atoms with Gasteiger partial charge in [-0.3, -0.25) is 9.52 Å². The van der Waals surface area contributed by atoms with Crippen LogP contribution in [-0.2, 0) is 14.8 Å². The Morgan fingerprint density at radius 3 is 2.53 bits per heavy atom. The predicted molar refractivity (Wildman–Crippen MR) is 115 cm³/mol. The smallest absolute Gasteiger partial charge is 0.263 e. The van der Waals surface area contributed by atoms with Gasteiger partial charge < -0.3 is 9.64 Å². The van der Waals surface area contributed by atoms with Gasteiger partial charge in [-0.1, -0.05) is 11.3 Å². The van der Waals surface area contributed by atoms with Crippen LogP contribution in [0.2, 0.25) is 0 Å². The number of hydrogen-bond acceptors (Lipinski definition) is 7. The topological polar surface area (TPSA) is 101 Å². The first-order valence-electron chi connectivity index (χ1n) is 9.29. The Morgan fingerprint density at radius 1 is 1.13 bits per heavy atom. The van der Waals surface area contributed by atoms with Crippen molar-refractivity contribution in [2.75, 3.05) is 23.3 Å². The van der Waals surface area contributed by atoms with Crippen molar-refractivity contribution in [1.82, 2.24) is 10.2 Å². The number of amides is 1. The first-order valence-corrected chi connectivity index (χ1v) is 11.6. The summed E-state index contributed by atoms with van der Waals surface area (Å²) in [5.74, 6) is 0.783. The standard InChI is InChI=1S/C20H20N4O4S2/c1-13-12-16(9-10-17(13)24-11-3-4-18(24)25)30(26,27)23-20-22-21-19(29-20)14-5-7-15(28-2)8-6-14/h5-10,12H,3-4,11H2,1-2H3,(H,22,23). The predicted octanol–water partition coefficient (Wildman–Crippen LogP) is 3.45. The summed E-state index contributed by atoms with van der Waals surface area (Å²) in [6.45, 7) is 2.45. The highest BCUT2D eigenvalue weighted by molar-refractivity contribution is 7.93. The van der Waals surface area contributed by atoms with Crippen LogP contribution in [0.4, 0.5) is 10.8 Å². The summed E-state index contributed by atoms with van der Waals surface area (Å²) in [5, 5.41) is 8.79. The van der Waals surface area contributed by atoms with Gasteiger partial charge in [0.05, 0.1) is 12.0 Å². The fourth-order valence-corrected chi connectivity index (χ4v) is 5.35. The van der Waals surface area contributed by atoms with Crippen molar-refractivity contribution >= 4 is 38.1 Å². The molecule has 0 unspecified atom stereocenters. The highest BCUT2D eigenvalue weighted by Crippen LogP contribution is 2.31. The zero-order valence-electron chi connectivity index (χ0n) is 16.5. The Hall–Kier alpha value is -2.98. The number of aromatic nitrogens is 2. The first-order chi connectivity index (χ1) is 14.4. The van der Waals surface area contributed by atoms with Gasteiger partial charge in [0.15, 0.2) is 0 Å². The molecule has 0 saturated carbocycles. The molecular weight excluding hydrogens is 424 g/mol. The van der Waals surface area contributed by atoms with E-state index < -0.39 is 10.0 Å². The Kier molecular flexibility index (Phi) is 5.44. The molecule has 2 aromatic carbocycles. The minimum Gasteiger partial charge on any atom is -0.497 e. The molecular formula is C20H20N4O4S2. The molecule has 1 N–H and O–H groups in total. The van der Waals surface area contributed by atoms with E-state index in [4.69, 9.17) is 4.74 Å². The van der Waals surface area contributed by atoms with Crippen molar-refractivity contribution in [2.24, 2.45) is 0 Å². The molecule has 10 heteroatoms. The van der Waals surface area contributed by atoms with Gasteiger partial charge >= 0.3 is 0 Å². The van der Waals surface area contributed by atoms with E-state index in [1.54, 1.807) is 43.2 Å². The second kappa shape index (κ2) is 8.04. The monoisotopic (exact) mass is 444 g/mol.